The fourth-order valence-corrected chi connectivity index (χ4v) is 3.10. The van der Waals surface area contributed by atoms with Gasteiger partial charge in [-0.1, -0.05) is 18.2 Å². The molecule has 1 amide bonds. The largest absolute Gasteiger partial charge is 0.399 e. The van der Waals surface area contributed by atoms with Gasteiger partial charge in [0.05, 0.1) is 16.6 Å². The molecule has 134 valence electrons. The van der Waals surface area contributed by atoms with Gasteiger partial charge in [0.2, 0.25) is 0 Å². The van der Waals surface area contributed by atoms with Crippen LogP contribution in [0.3, 0.4) is 0 Å². The summed E-state index contributed by atoms with van der Waals surface area (Å²) in [5.74, 6) is 0.133. The number of primary amides is 1. The third-order valence-corrected chi connectivity index (χ3v) is 4.87. The maximum atomic E-state index is 11.7. The second kappa shape index (κ2) is 6.61. The molecule has 1 unspecified atom stereocenters. The quantitative estimate of drug-likeness (QED) is 0.601. The molecule has 6 N–H and O–H groups in total. The maximum Gasteiger partial charge on any atom is 0.250 e. The molecule has 0 spiro atoms. The average Bonchev–Trinajstić information content (AvgIpc) is 2.65. The molecule has 3 aromatic rings. The Hall–Kier alpha value is -3.19. The first-order chi connectivity index (χ1) is 12.4. The van der Waals surface area contributed by atoms with E-state index in [0.717, 1.165) is 10.9 Å². The molecule has 0 saturated carbocycles. The summed E-state index contributed by atoms with van der Waals surface area (Å²) in [4.78, 5) is 22.4. The number of nitrogen functional groups attached to an aromatic ring is 1. The molecule has 1 aromatic heterocycles. The van der Waals surface area contributed by atoms with E-state index < -0.39 is 11.4 Å². The zero-order valence-corrected chi connectivity index (χ0v) is 14.8. The number of rotatable bonds is 5. The molecule has 0 aliphatic carbocycles. The van der Waals surface area contributed by atoms with Crippen molar-refractivity contribution >= 4 is 28.3 Å². The van der Waals surface area contributed by atoms with Crippen LogP contribution < -0.4 is 22.1 Å². The molecule has 7 nitrogen and oxygen atoms in total. The van der Waals surface area contributed by atoms with Crippen LogP contribution >= 0.6 is 0 Å². The lowest BCUT2D eigenvalue weighted by molar-refractivity contribution is 0.100. The number of nitrogens with two attached hydrogens (primary N) is 3. The van der Waals surface area contributed by atoms with Crippen LogP contribution in [0, 0.1) is 0 Å². The van der Waals surface area contributed by atoms with Gasteiger partial charge in [-0.3, -0.25) is 4.79 Å². The lowest BCUT2D eigenvalue weighted by Crippen LogP contribution is -2.47. The Morgan fingerprint density at radius 2 is 1.92 bits per heavy atom. The van der Waals surface area contributed by atoms with Crippen molar-refractivity contribution in [3.8, 4) is 0 Å². The van der Waals surface area contributed by atoms with E-state index in [1.165, 1.54) is 6.33 Å². The Bertz CT molecular complexity index is 973. The fraction of sp³-hybridized carbons (Fsp3) is 0.211. The molecule has 3 rings (SSSR count). The number of benzene rings is 2. The topological polar surface area (TPSA) is 124 Å². The molecule has 0 fully saturated rings. The van der Waals surface area contributed by atoms with E-state index in [1.54, 1.807) is 12.1 Å². The Labute approximate surface area is 151 Å². The number of aromatic nitrogens is 2. The lowest BCUT2D eigenvalue weighted by atomic mass is 9.89. The van der Waals surface area contributed by atoms with Crippen molar-refractivity contribution in [2.24, 2.45) is 11.5 Å². The maximum absolute atomic E-state index is 11.7. The molecule has 1 atom stereocenters. The normalized spacial score (nSPS) is 13.3. The lowest BCUT2D eigenvalue weighted by Gasteiger charge is -2.40. The van der Waals surface area contributed by atoms with Crippen molar-refractivity contribution in [2.45, 2.75) is 12.5 Å². The van der Waals surface area contributed by atoms with E-state index in [0.29, 0.717) is 29.1 Å². The van der Waals surface area contributed by atoms with Crippen molar-refractivity contribution < 1.29 is 4.79 Å². The number of likely N-dealkylation sites (N-methyl/N-ethyl adjacent to an activating group) is 1. The summed E-state index contributed by atoms with van der Waals surface area (Å²) in [6.07, 6.45) is 1.43. The highest BCUT2D eigenvalue weighted by atomic mass is 16.1. The van der Waals surface area contributed by atoms with E-state index in [2.05, 4.69) is 9.97 Å². The smallest absolute Gasteiger partial charge is 0.250 e. The second-order valence-electron chi connectivity index (χ2n) is 6.43. The highest BCUT2D eigenvalue weighted by Crippen LogP contribution is 2.34. The van der Waals surface area contributed by atoms with Gasteiger partial charge in [-0.2, -0.15) is 0 Å². The zero-order valence-electron chi connectivity index (χ0n) is 14.8. The molecule has 2 aromatic carbocycles. The Kier molecular flexibility index (Phi) is 4.48. The van der Waals surface area contributed by atoms with Crippen LogP contribution in [0.25, 0.3) is 10.9 Å². The Morgan fingerprint density at radius 3 is 2.58 bits per heavy atom. The average molecular weight is 350 g/mol. The standard InChI is InChI=1S/C19H22N6O/c1-19(10-20,12-5-3-6-13(21)9-12)25(2)18-15-8-4-7-14(17(22)26)16(15)23-11-24-18/h3-9,11H,10,20-21H2,1-2H3,(H2,22,26). The van der Waals surface area contributed by atoms with E-state index in [-0.39, 0.29) is 0 Å². The molecule has 1 heterocycles. The number of carbonyl (C=O) groups is 1. The van der Waals surface area contributed by atoms with Gasteiger partial charge < -0.3 is 22.1 Å². The first-order valence-corrected chi connectivity index (χ1v) is 8.22. The third kappa shape index (κ3) is 2.82. The van der Waals surface area contributed by atoms with Crippen LogP contribution in [0.2, 0.25) is 0 Å². The highest BCUT2D eigenvalue weighted by molar-refractivity contribution is 6.07. The number of nitrogens with zero attached hydrogens (tertiary/aromatic N) is 3. The number of hydrogen-bond acceptors (Lipinski definition) is 6. The molecule has 26 heavy (non-hydrogen) atoms. The minimum absolute atomic E-state index is 0.341. The van der Waals surface area contributed by atoms with Gasteiger partial charge in [-0.25, -0.2) is 9.97 Å². The van der Waals surface area contributed by atoms with Gasteiger partial charge in [0, 0.05) is 24.7 Å². The molecular formula is C19H22N6O. The van der Waals surface area contributed by atoms with Crippen LogP contribution in [-0.4, -0.2) is 29.5 Å². The second-order valence-corrected chi connectivity index (χ2v) is 6.43. The van der Waals surface area contributed by atoms with Gasteiger partial charge >= 0.3 is 0 Å². The minimum atomic E-state index is -0.556. The number of hydrogen-bond donors (Lipinski definition) is 3. The van der Waals surface area contributed by atoms with E-state index in [9.17, 15) is 4.79 Å². The van der Waals surface area contributed by atoms with E-state index >= 15 is 0 Å². The van der Waals surface area contributed by atoms with Crippen molar-refractivity contribution in [1.82, 2.24) is 9.97 Å². The highest BCUT2D eigenvalue weighted by Gasteiger charge is 2.32. The predicted molar refractivity (Wildman–Crippen MR) is 104 cm³/mol. The molecule has 0 aliphatic rings. The Morgan fingerprint density at radius 1 is 1.19 bits per heavy atom. The number of carbonyl (C=O) groups excluding carboxylic acids is 1. The number of amides is 1. The Balaban J connectivity index is 2.19. The van der Waals surface area contributed by atoms with Crippen LogP contribution in [0.5, 0.6) is 0 Å². The molecule has 0 saturated heterocycles. The zero-order chi connectivity index (χ0) is 18.9. The van der Waals surface area contributed by atoms with Gasteiger partial charge in [0.25, 0.3) is 5.91 Å². The predicted octanol–water partition coefficient (Wildman–Crippen LogP) is 1.62. The van der Waals surface area contributed by atoms with Crippen molar-refractivity contribution in [1.29, 1.82) is 0 Å². The monoisotopic (exact) mass is 350 g/mol. The SMILES string of the molecule is CN(c1ncnc2c(C(N)=O)cccc12)C(C)(CN)c1cccc(N)c1. The van der Waals surface area contributed by atoms with E-state index in [4.69, 9.17) is 17.2 Å². The van der Waals surface area contributed by atoms with Crippen LogP contribution in [0.1, 0.15) is 22.8 Å². The summed E-state index contributed by atoms with van der Waals surface area (Å²) >= 11 is 0. The van der Waals surface area contributed by atoms with Gasteiger partial charge in [0.15, 0.2) is 0 Å². The third-order valence-electron chi connectivity index (χ3n) is 4.87. The number of anilines is 2. The first-order valence-electron chi connectivity index (χ1n) is 8.22. The van der Waals surface area contributed by atoms with E-state index in [1.807, 2.05) is 49.2 Å². The molecule has 0 bridgehead atoms. The first kappa shape index (κ1) is 17.6. The van der Waals surface area contributed by atoms with Crippen LogP contribution in [-0.2, 0) is 5.54 Å². The molecule has 7 heteroatoms. The molecular weight excluding hydrogens is 328 g/mol. The summed E-state index contributed by atoms with van der Waals surface area (Å²) in [7, 11) is 1.91. The number of fused-ring (bicyclic) bond motifs is 1. The van der Waals surface area contributed by atoms with Gasteiger partial charge in [0.1, 0.15) is 12.1 Å². The summed E-state index contributed by atoms with van der Waals surface area (Å²) in [5.41, 5.74) is 19.5. The summed E-state index contributed by atoms with van der Waals surface area (Å²) in [6.45, 7) is 2.36. The van der Waals surface area contributed by atoms with Crippen LogP contribution in [0.4, 0.5) is 11.5 Å². The fourth-order valence-electron chi connectivity index (χ4n) is 3.10. The van der Waals surface area contributed by atoms with Crippen molar-refractivity contribution in [3.63, 3.8) is 0 Å². The van der Waals surface area contributed by atoms with Gasteiger partial charge in [-0.15, -0.1) is 0 Å². The molecule has 0 aliphatic heterocycles. The number of para-hydroxylation sites is 1. The molecule has 0 radical (unpaired) electrons. The van der Waals surface area contributed by atoms with Crippen molar-refractivity contribution in [2.75, 3.05) is 24.2 Å². The van der Waals surface area contributed by atoms with Crippen LogP contribution in [0.15, 0.2) is 48.8 Å². The minimum Gasteiger partial charge on any atom is -0.399 e. The van der Waals surface area contributed by atoms with Gasteiger partial charge in [-0.05, 0) is 36.8 Å². The van der Waals surface area contributed by atoms with Crippen molar-refractivity contribution in [3.05, 3.63) is 59.9 Å². The summed E-state index contributed by atoms with van der Waals surface area (Å²) < 4.78 is 0. The summed E-state index contributed by atoms with van der Waals surface area (Å²) in [5, 5.41) is 0.731. The summed E-state index contributed by atoms with van der Waals surface area (Å²) in [6, 6.07) is 12.9.